The van der Waals surface area contributed by atoms with Crippen molar-refractivity contribution in [2.75, 3.05) is 6.54 Å². The molecule has 0 saturated carbocycles. The lowest BCUT2D eigenvalue weighted by Gasteiger charge is -2.02. The predicted octanol–water partition coefficient (Wildman–Crippen LogP) is 1.61. The molecule has 0 aliphatic heterocycles. The van der Waals surface area contributed by atoms with Gasteiger partial charge < -0.3 is 5.73 Å². The average Bonchev–Trinajstić information content (AvgIpc) is 2.78. The van der Waals surface area contributed by atoms with E-state index in [0.717, 1.165) is 4.47 Å². The van der Waals surface area contributed by atoms with Crippen LogP contribution in [0, 0.1) is 0 Å². The Morgan fingerprint density at radius 3 is 2.68 bits per heavy atom. The van der Waals surface area contributed by atoms with Crippen LogP contribution >= 0.6 is 15.9 Å². The molecule has 1 heterocycles. The molecular weight excluding hydrogens is 315 g/mol. The molecule has 0 aliphatic carbocycles. The molecule has 0 spiro atoms. The molecular formula is C12H12BrFN4O. The predicted molar refractivity (Wildman–Crippen MR) is 73.8 cm³/mol. The standard InChI is InChI=1S/C12H12BrFN4O/c13-10-1-3-11(4-2-10)17-8-16-18(12(17)19)7-9(5-14)6-15/h1-5,8H,6-7,15H2/b9-5+. The number of nitrogens with two attached hydrogens (primary N) is 1. The monoisotopic (exact) mass is 326 g/mol. The lowest BCUT2D eigenvalue weighted by molar-refractivity contribution is 0.612. The molecule has 0 radical (unpaired) electrons. The molecule has 0 amide bonds. The number of aromatic nitrogens is 3. The fourth-order valence-electron chi connectivity index (χ4n) is 1.56. The van der Waals surface area contributed by atoms with E-state index in [9.17, 15) is 9.18 Å². The highest BCUT2D eigenvalue weighted by Crippen LogP contribution is 2.12. The molecule has 2 aromatic rings. The van der Waals surface area contributed by atoms with Crippen molar-refractivity contribution >= 4 is 15.9 Å². The van der Waals surface area contributed by atoms with Gasteiger partial charge >= 0.3 is 5.69 Å². The van der Waals surface area contributed by atoms with Crippen LogP contribution in [0.25, 0.3) is 5.69 Å². The van der Waals surface area contributed by atoms with Crippen molar-refractivity contribution in [1.29, 1.82) is 0 Å². The average molecular weight is 327 g/mol. The number of nitrogens with zero attached hydrogens (tertiary/aromatic N) is 3. The van der Waals surface area contributed by atoms with E-state index < -0.39 is 0 Å². The van der Waals surface area contributed by atoms with Gasteiger partial charge in [0.25, 0.3) is 0 Å². The van der Waals surface area contributed by atoms with Gasteiger partial charge in [0.05, 0.1) is 18.6 Å². The van der Waals surface area contributed by atoms with Gasteiger partial charge in [-0.1, -0.05) is 15.9 Å². The topological polar surface area (TPSA) is 65.8 Å². The van der Waals surface area contributed by atoms with Gasteiger partial charge in [-0.15, -0.1) is 0 Å². The number of benzene rings is 1. The van der Waals surface area contributed by atoms with Crippen LogP contribution < -0.4 is 11.4 Å². The molecule has 5 nitrogen and oxygen atoms in total. The lowest BCUT2D eigenvalue weighted by atomic mass is 10.3. The fraction of sp³-hybridized carbons (Fsp3) is 0.167. The number of halogens is 2. The van der Waals surface area contributed by atoms with E-state index in [-0.39, 0.29) is 18.8 Å². The maximum atomic E-state index is 12.5. The Balaban J connectivity index is 2.33. The van der Waals surface area contributed by atoms with Gasteiger partial charge in [0.15, 0.2) is 0 Å². The zero-order chi connectivity index (χ0) is 13.8. The molecule has 0 fully saturated rings. The first-order valence-electron chi connectivity index (χ1n) is 5.54. The summed E-state index contributed by atoms with van der Waals surface area (Å²) in [5.74, 6) is 0. The van der Waals surface area contributed by atoms with E-state index in [2.05, 4.69) is 21.0 Å². The Hall–Kier alpha value is -1.73. The largest absolute Gasteiger partial charge is 0.350 e. The van der Waals surface area contributed by atoms with E-state index >= 15 is 0 Å². The van der Waals surface area contributed by atoms with Gasteiger partial charge in [0, 0.05) is 11.0 Å². The summed E-state index contributed by atoms with van der Waals surface area (Å²) in [5, 5.41) is 3.94. The van der Waals surface area contributed by atoms with Gasteiger partial charge in [-0.2, -0.15) is 5.10 Å². The SMILES string of the molecule is NC/C(=C\F)Cn1ncn(-c2ccc(Br)cc2)c1=O. The van der Waals surface area contributed by atoms with Gasteiger partial charge in [0.1, 0.15) is 6.33 Å². The molecule has 7 heteroatoms. The van der Waals surface area contributed by atoms with Crippen LogP contribution in [0.2, 0.25) is 0 Å². The Labute approximate surface area is 117 Å². The van der Waals surface area contributed by atoms with Crippen LogP contribution in [-0.4, -0.2) is 20.9 Å². The molecule has 0 saturated heterocycles. The Morgan fingerprint density at radius 2 is 2.11 bits per heavy atom. The van der Waals surface area contributed by atoms with E-state index in [1.54, 1.807) is 12.1 Å². The van der Waals surface area contributed by atoms with E-state index in [0.29, 0.717) is 17.6 Å². The van der Waals surface area contributed by atoms with Crippen molar-refractivity contribution in [3.8, 4) is 5.69 Å². The highest BCUT2D eigenvalue weighted by atomic mass is 79.9. The van der Waals surface area contributed by atoms with Crippen molar-refractivity contribution < 1.29 is 4.39 Å². The molecule has 1 aromatic heterocycles. The van der Waals surface area contributed by atoms with Crippen molar-refractivity contribution in [2.24, 2.45) is 5.73 Å². The van der Waals surface area contributed by atoms with E-state index in [1.807, 2.05) is 12.1 Å². The number of rotatable bonds is 4. The molecule has 1 aromatic carbocycles. The van der Waals surface area contributed by atoms with Gasteiger partial charge in [-0.05, 0) is 29.8 Å². The second-order valence-electron chi connectivity index (χ2n) is 3.89. The van der Waals surface area contributed by atoms with Gasteiger partial charge in [-0.3, -0.25) is 0 Å². The fourth-order valence-corrected chi connectivity index (χ4v) is 1.82. The molecule has 0 unspecified atom stereocenters. The smallest absolute Gasteiger partial charge is 0.327 e. The molecule has 0 bridgehead atoms. The van der Waals surface area contributed by atoms with Gasteiger partial charge in [0.2, 0.25) is 0 Å². The number of hydrogen-bond donors (Lipinski definition) is 1. The van der Waals surface area contributed by atoms with E-state index in [1.165, 1.54) is 15.6 Å². The van der Waals surface area contributed by atoms with Crippen molar-refractivity contribution in [3.05, 3.63) is 57.5 Å². The third-order valence-corrected chi connectivity index (χ3v) is 3.14. The molecule has 0 atom stereocenters. The summed E-state index contributed by atoms with van der Waals surface area (Å²) in [6, 6.07) is 7.22. The summed E-state index contributed by atoms with van der Waals surface area (Å²) in [4.78, 5) is 12.1. The van der Waals surface area contributed by atoms with Crippen LogP contribution in [-0.2, 0) is 6.54 Å². The van der Waals surface area contributed by atoms with Gasteiger partial charge in [-0.25, -0.2) is 18.4 Å². The third-order valence-electron chi connectivity index (χ3n) is 2.61. The summed E-state index contributed by atoms with van der Waals surface area (Å²) in [6.07, 6.45) is 1.81. The Bertz CT molecular complexity index is 644. The van der Waals surface area contributed by atoms with Crippen LogP contribution in [0.1, 0.15) is 0 Å². The molecule has 100 valence electrons. The van der Waals surface area contributed by atoms with Crippen molar-refractivity contribution in [1.82, 2.24) is 14.3 Å². The third kappa shape index (κ3) is 2.99. The zero-order valence-electron chi connectivity index (χ0n) is 9.96. The Morgan fingerprint density at radius 1 is 1.42 bits per heavy atom. The first-order valence-corrected chi connectivity index (χ1v) is 6.33. The summed E-state index contributed by atoms with van der Waals surface area (Å²) in [5.41, 5.74) is 6.02. The minimum atomic E-state index is -0.338. The summed E-state index contributed by atoms with van der Waals surface area (Å²) < 4.78 is 15.9. The van der Waals surface area contributed by atoms with E-state index in [4.69, 9.17) is 5.73 Å². The highest BCUT2D eigenvalue weighted by Gasteiger charge is 2.08. The number of hydrogen-bond acceptors (Lipinski definition) is 3. The van der Waals surface area contributed by atoms with Crippen molar-refractivity contribution in [3.63, 3.8) is 0 Å². The molecule has 0 aliphatic rings. The van der Waals surface area contributed by atoms with Crippen LogP contribution in [0.5, 0.6) is 0 Å². The van der Waals surface area contributed by atoms with Crippen LogP contribution in [0.4, 0.5) is 4.39 Å². The molecule has 2 N–H and O–H groups in total. The molecule has 19 heavy (non-hydrogen) atoms. The quantitative estimate of drug-likeness (QED) is 0.928. The summed E-state index contributed by atoms with van der Waals surface area (Å²) in [6.45, 7) is 0.101. The first kappa shape index (κ1) is 13.7. The second-order valence-corrected chi connectivity index (χ2v) is 4.80. The lowest BCUT2D eigenvalue weighted by Crippen LogP contribution is -2.25. The maximum Gasteiger partial charge on any atom is 0.350 e. The Kier molecular flexibility index (Phi) is 4.28. The first-order chi connectivity index (χ1) is 9.15. The highest BCUT2D eigenvalue weighted by molar-refractivity contribution is 9.10. The van der Waals surface area contributed by atoms with Crippen molar-refractivity contribution in [2.45, 2.75) is 6.54 Å². The summed E-state index contributed by atoms with van der Waals surface area (Å²) >= 11 is 3.32. The minimum absolute atomic E-state index is 0.0497. The minimum Gasteiger partial charge on any atom is -0.327 e. The second kappa shape index (κ2) is 5.94. The zero-order valence-corrected chi connectivity index (χ0v) is 11.5. The maximum absolute atomic E-state index is 12.5. The normalized spacial score (nSPS) is 11.8. The summed E-state index contributed by atoms with van der Waals surface area (Å²) in [7, 11) is 0. The van der Waals surface area contributed by atoms with Crippen LogP contribution in [0.3, 0.4) is 0 Å². The molecule has 2 rings (SSSR count). The van der Waals surface area contributed by atoms with Crippen LogP contribution in [0.15, 0.2) is 51.8 Å².